The highest BCUT2D eigenvalue weighted by Gasteiger charge is 2.22. The van der Waals surface area contributed by atoms with Crippen molar-refractivity contribution >= 4 is 11.5 Å². The van der Waals surface area contributed by atoms with Crippen molar-refractivity contribution in [2.75, 3.05) is 31.2 Å². The average molecular weight is 290 g/mol. The van der Waals surface area contributed by atoms with Crippen LogP contribution in [0.1, 0.15) is 37.6 Å². The summed E-state index contributed by atoms with van der Waals surface area (Å²) in [7, 11) is 0. The van der Waals surface area contributed by atoms with E-state index in [-0.39, 0.29) is 11.2 Å². The maximum atomic E-state index is 12.4. The van der Waals surface area contributed by atoms with E-state index in [0.29, 0.717) is 12.0 Å². The highest BCUT2D eigenvalue weighted by molar-refractivity contribution is 6.00. The smallest absolute Gasteiger partial charge is 0.179 e. The van der Waals surface area contributed by atoms with Crippen LogP contribution in [0.3, 0.4) is 0 Å². The standard InChI is InChI=1S/C17H26N2O2/c1-17(2,3)12-15(18)16(20)13-4-6-14(7-5-13)19-8-10-21-11-9-19/h4-7,15H,8-12,18H2,1-3H3. The van der Waals surface area contributed by atoms with Crippen LogP contribution in [0.4, 0.5) is 5.69 Å². The average Bonchev–Trinajstić information content (AvgIpc) is 2.46. The lowest BCUT2D eigenvalue weighted by atomic mass is 9.86. The largest absolute Gasteiger partial charge is 0.378 e. The van der Waals surface area contributed by atoms with Crippen molar-refractivity contribution in [2.24, 2.45) is 11.1 Å². The van der Waals surface area contributed by atoms with Crippen molar-refractivity contribution in [3.63, 3.8) is 0 Å². The van der Waals surface area contributed by atoms with Gasteiger partial charge in [-0.15, -0.1) is 0 Å². The molecule has 1 heterocycles. The van der Waals surface area contributed by atoms with E-state index in [2.05, 4.69) is 25.7 Å². The number of nitrogens with zero attached hydrogens (tertiary/aromatic N) is 1. The molecule has 0 radical (unpaired) electrons. The van der Waals surface area contributed by atoms with Crippen LogP contribution in [0, 0.1) is 5.41 Å². The van der Waals surface area contributed by atoms with Crippen molar-refractivity contribution in [3.8, 4) is 0 Å². The summed E-state index contributed by atoms with van der Waals surface area (Å²) in [6.45, 7) is 9.62. The molecule has 1 aromatic carbocycles. The molecule has 1 saturated heterocycles. The van der Waals surface area contributed by atoms with Crippen LogP contribution < -0.4 is 10.6 Å². The Morgan fingerprint density at radius 3 is 2.33 bits per heavy atom. The minimum absolute atomic E-state index is 0.0263. The van der Waals surface area contributed by atoms with Gasteiger partial charge in [-0.05, 0) is 36.1 Å². The van der Waals surface area contributed by atoms with Gasteiger partial charge in [-0.3, -0.25) is 4.79 Å². The fraction of sp³-hybridized carbons (Fsp3) is 0.588. The summed E-state index contributed by atoms with van der Waals surface area (Å²) in [6.07, 6.45) is 0.692. The second-order valence-electron chi connectivity index (χ2n) is 6.88. The number of hydrogen-bond donors (Lipinski definition) is 1. The lowest BCUT2D eigenvalue weighted by molar-refractivity contribution is 0.0938. The molecule has 1 aliphatic rings. The van der Waals surface area contributed by atoms with E-state index in [1.807, 2.05) is 24.3 Å². The van der Waals surface area contributed by atoms with E-state index >= 15 is 0 Å². The molecule has 1 unspecified atom stereocenters. The van der Waals surface area contributed by atoms with E-state index in [9.17, 15) is 4.79 Å². The normalized spacial score (nSPS) is 17.6. The van der Waals surface area contributed by atoms with Gasteiger partial charge in [0.15, 0.2) is 5.78 Å². The number of carbonyl (C=O) groups is 1. The van der Waals surface area contributed by atoms with Crippen molar-refractivity contribution in [3.05, 3.63) is 29.8 Å². The summed E-state index contributed by atoms with van der Waals surface area (Å²) in [6, 6.07) is 7.34. The molecule has 0 aliphatic carbocycles. The number of anilines is 1. The maximum absolute atomic E-state index is 12.4. The third-order valence-corrected chi connectivity index (χ3v) is 3.70. The number of carbonyl (C=O) groups excluding carboxylic acids is 1. The number of hydrogen-bond acceptors (Lipinski definition) is 4. The first kappa shape index (κ1) is 16.0. The summed E-state index contributed by atoms with van der Waals surface area (Å²) >= 11 is 0. The molecule has 0 bridgehead atoms. The fourth-order valence-electron chi connectivity index (χ4n) is 2.62. The SMILES string of the molecule is CC(C)(C)CC(N)C(=O)c1ccc(N2CCOCC2)cc1. The Balaban J connectivity index is 2.02. The summed E-state index contributed by atoms with van der Waals surface area (Å²) in [5.41, 5.74) is 7.93. The third-order valence-electron chi connectivity index (χ3n) is 3.70. The fourth-order valence-corrected chi connectivity index (χ4v) is 2.62. The van der Waals surface area contributed by atoms with Gasteiger partial charge in [0.05, 0.1) is 19.3 Å². The molecule has 1 fully saturated rings. The number of nitrogens with two attached hydrogens (primary N) is 1. The first-order valence-electron chi connectivity index (χ1n) is 7.59. The molecule has 0 spiro atoms. The predicted octanol–water partition coefficient (Wildman–Crippen LogP) is 2.47. The maximum Gasteiger partial charge on any atom is 0.179 e. The zero-order valence-electron chi connectivity index (χ0n) is 13.3. The molecule has 4 heteroatoms. The van der Waals surface area contributed by atoms with Crippen LogP contribution in [0.15, 0.2) is 24.3 Å². The molecule has 2 N–H and O–H groups in total. The van der Waals surface area contributed by atoms with Crippen LogP contribution in [0.5, 0.6) is 0 Å². The summed E-state index contributed by atoms with van der Waals surface area (Å²) in [5, 5.41) is 0. The Labute approximate surface area is 127 Å². The van der Waals surface area contributed by atoms with Crippen LogP contribution in [0.25, 0.3) is 0 Å². The van der Waals surface area contributed by atoms with Crippen molar-refractivity contribution in [2.45, 2.75) is 33.2 Å². The third kappa shape index (κ3) is 4.55. The molecule has 21 heavy (non-hydrogen) atoms. The Hall–Kier alpha value is -1.39. The molecule has 0 aromatic heterocycles. The summed E-state index contributed by atoms with van der Waals surface area (Å²) < 4.78 is 5.35. The highest BCUT2D eigenvalue weighted by atomic mass is 16.5. The number of rotatable bonds is 4. The first-order valence-corrected chi connectivity index (χ1v) is 7.59. The van der Waals surface area contributed by atoms with Gasteiger partial charge >= 0.3 is 0 Å². The molecule has 116 valence electrons. The Morgan fingerprint density at radius 1 is 1.24 bits per heavy atom. The first-order chi connectivity index (χ1) is 9.87. The topological polar surface area (TPSA) is 55.6 Å². The number of Topliss-reactive ketones (excluding diaryl/α,β-unsaturated/α-hetero) is 1. The molecular formula is C17H26N2O2. The van der Waals surface area contributed by atoms with Gasteiger partial charge < -0.3 is 15.4 Å². The van der Waals surface area contributed by atoms with E-state index < -0.39 is 6.04 Å². The van der Waals surface area contributed by atoms with E-state index in [0.717, 1.165) is 32.0 Å². The number of ether oxygens (including phenoxy) is 1. The number of ketones is 1. The molecule has 2 rings (SSSR count). The van der Waals surface area contributed by atoms with Crippen LogP contribution in [-0.4, -0.2) is 38.1 Å². The molecule has 1 aliphatic heterocycles. The minimum atomic E-state index is -0.431. The molecule has 0 amide bonds. The van der Waals surface area contributed by atoms with Gasteiger partial charge in [-0.2, -0.15) is 0 Å². The number of benzene rings is 1. The Bertz CT molecular complexity index is 471. The molecule has 1 aromatic rings. The zero-order chi connectivity index (χ0) is 15.5. The van der Waals surface area contributed by atoms with Crippen molar-refractivity contribution < 1.29 is 9.53 Å². The lowest BCUT2D eigenvalue weighted by Gasteiger charge is -2.29. The molecule has 1 atom stereocenters. The summed E-state index contributed by atoms with van der Waals surface area (Å²) in [5.74, 6) is 0.0263. The second-order valence-corrected chi connectivity index (χ2v) is 6.88. The van der Waals surface area contributed by atoms with Crippen LogP contribution in [-0.2, 0) is 4.74 Å². The monoisotopic (exact) mass is 290 g/mol. The second kappa shape index (κ2) is 6.58. The molecular weight excluding hydrogens is 264 g/mol. The van der Waals surface area contributed by atoms with Crippen molar-refractivity contribution in [1.29, 1.82) is 0 Å². The van der Waals surface area contributed by atoms with Gasteiger partial charge in [-0.1, -0.05) is 20.8 Å². The van der Waals surface area contributed by atoms with E-state index in [4.69, 9.17) is 10.5 Å². The Kier molecular flexibility index (Phi) is 5.01. The van der Waals surface area contributed by atoms with Gasteiger partial charge in [-0.25, -0.2) is 0 Å². The van der Waals surface area contributed by atoms with Gasteiger partial charge in [0.1, 0.15) is 0 Å². The quantitative estimate of drug-likeness (QED) is 0.866. The lowest BCUT2D eigenvalue weighted by Crippen LogP contribution is -2.36. The Morgan fingerprint density at radius 2 is 1.81 bits per heavy atom. The van der Waals surface area contributed by atoms with E-state index in [1.165, 1.54) is 0 Å². The predicted molar refractivity (Wildman–Crippen MR) is 85.9 cm³/mol. The van der Waals surface area contributed by atoms with Gasteiger partial charge in [0.2, 0.25) is 0 Å². The van der Waals surface area contributed by atoms with Crippen molar-refractivity contribution in [1.82, 2.24) is 0 Å². The highest BCUT2D eigenvalue weighted by Crippen LogP contribution is 2.22. The number of morpholine rings is 1. The van der Waals surface area contributed by atoms with Crippen LogP contribution >= 0.6 is 0 Å². The zero-order valence-corrected chi connectivity index (χ0v) is 13.3. The molecule has 0 saturated carbocycles. The van der Waals surface area contributed by atoms with E-state index in [1.54, 1.807) is 0 Å². The van der Waals surface area contributed by atoms with Crippen LogP contribution in [0.2, 0.25) is 0 Å². The van der Waals surface area contributed by atoms with Gasteiger partial charge in [0.25, 0.3) is 0 Å². The minimum Gasteiger partial charge on any atom is -0.378 e. The van der Waals surface area contributed by atoms with Gasteiger partial charge in [0, 0.05) is 24.3 Å². The summed E-state index contributed by atoms with van der Waals surface area (Å²) in [4.78, 5) is 14.6. The molecule has 4 nitrogen and oxygen atoms in total.